The molecule has 0 unspecified atom stereocenters. The predicted octanol–water partition coefficient (Wildman–Crippen LogP) is 1.54. The lowest BCUT2D eigenvalue weighted by Gasteiger charge is -2.06. The van der Waals surface area contributed by atoms with E-state index >= 15 is 0 Å². The normalized spacial score (nSPS) is 16.4. The van der Waals surface area contributed by atoms with Crippen LogP contribution in [0.1, 0.15) is 17.7 Å². The minimum Gasteiger partial charge on any atom is -0.480 e. The monoisotopic (exact) mass is 239 g/mol. The van der Waals surface area contributed by atoms with Crippen LogP contribution in [0.25, 0.3) is 0 Å². The van der Waals surface area contributed by atoms with Crippen molar-refractivity contribution in [3.8, 4) is 5.88 Å². The number of hydrogen-bond donors (Lipinski definition) is 0. The molecule has 5 nitrogen and oxygen atoms in total. The molecular weight excluding hydrogens is 226 g/mol. The molecule has 0 spiro atoms. The van der Waals surface area contributed by atoms with E-state index in [1.54, 1.807) is 13.2 Å². The van der Waals surface area contributed by atoms with Gasteiger partial charge in [-0.2, -0.15) is 9.98 Å². The number of isocyanates is 1. The van der Waals surface area contributed by atoms with Gasteiger partial charge < -0.3 is 9.64 Å². The number of aromatic nitrogens is 1. The fraction of sp³-hybridized carbons (Fsp3) is 0.600. The first-order valence-electron chi connectivity index (χ1n) is 4.94. The fourth-order valence-corrected chi connectivity index (χ4v) is 2.66. The van der Waals surface area contributed by atoms with Gasteiger partial charge in [0.15, 0.2) is 5.13 Å². The summed E-state index contributed by atoms with van der Waals surface area (Å²) >= 11 is 1.52. The maximum atomic E-state index is 10.4. The number of rotatable bonds is 4. The molecule has 0 aliphatic heterocycles. The van der Waals surface area contributed by atoms with Gasteiger partial charge in [-0.3, -0.25) is 0 Å². The fourth-order valence-electron chi connectivity index (χ4n) is 1.51. The number of anilines is 1. The first-order valence-corrected chi connectivity index (χ1v) is 5.76. The Morgan fingerprint density at radius 1 is 1.56 bits per heavy atom. The van der Waals surface area contributed by atoms with E-state index in [4.69, 9.17) is 4.74 Å². The number of hydrogen-bond acceptors (Lipinski definition) is 6. The van der Waals surface area contributed by atoms with Crippen molar-refractivity contribution in [2.75, 3.05) is 26.1 Å². The predicted molar refractivity (Wildman–Crippen MR) is 62.0 cm³/mol. The number of ether oxygens (including phenoxy) is 1. The summed E-state index contributed by atoms with van der Waals surface area (Å²) in [5.41, 5.74) is -0.404. The van der Waals surface area contributed by atoms with E-state index in [2.05, 4.69) is 9.98 Å². The van der Waals surface area contributed by atoms with Crippen LogP contribution in [0.3, 0.4) is 0 Å². The van der Waals surface area contributed by atoms with Crippen LogP contribution >= 0.6 is 11.3 Å². The summed E-state index contributed by atoms with van der Waals surface area (Å²) in [6.45, 7) is 0. The number of aliphatic imine (C=N–C) groups is 1. The largest absolute Gasteiger partial charge is 0.480 e. The van der Waals surface area contributed by atoms with Crippen molar-refractivity contribution in [3.05, 3.63) is 4.88 Å². The topological polar surface area (TPSA) is 54.8 Å². The van der Waals surface area contributed by atoms with Gasteiger partial charge >= 0.3 is 0 Å². The van der Waals surface area contributed by atoms with Crippen LogP contribution in [0.5, 0.6) is 5.88 Å². The Bertz CT molecular complexity index is 445. The van der Waals surface area contributed by atoms with Gasteiger partial charge in [-0.15, -0.1) is 0 Å². The zero-order valence-corrected chi connectivity index (χ0v) is 10.3. The van der Waals surface area contributed by atoms with E-state index in [-0.39, 0.29) is 0 Å². The van der Waals surface area contributed by atoms with Crippen molar-refractivity contribution in [2.45, 2.75) is 18.4 Å². The molecule has 2 rings (SSSR count). The van der Waals surface area contributed by atoms with E-state index in [9.17, 15) is 4.79 Å². The van der Waals surface area contributed by atoms with Crippen LogP contribution in [0.15, 0.2) is 4.99 Å². The molecule has 0 amide bonds. The molecular formula is C10H13N3O2S. The third-order valence-electron chi connectivity index (χ3n) is 2.57. The number of thiazole rings is 1. The average molecular weight is 239 g/mol. The van der Waals surface area contributed by atoms with Crippen molar-refractivity contribution < 1.29 is 9.53 Å². The molecule has 0 bridgehead atoms. The zero-order valence-electron chi connectivity index (χ0n) is 9.48. The van der Waals surface area contributed by atoms with Gasteiger partial charge in [-0.25, -0.2) is 4.79 Å². The highest BCUT2D eigenvalue weighted by atomic mass is 32.1. The number of methoxy groups -OCH3 is 1. The summed E-state index contributed by atoms with van der Waals surface area (Å²) in [5.74, 6) is 0.574. The molecule has 0 saturated heterocycles. The van der Waals surface area contributed by atoms with Gasteiger partial charge in [-0.05, 0) is 12.8 Å². The molecule has 1 aliphatic carbocycles. The van der Waals surface area contributed by atoms with Crippen LogP contribution in [-0.4, -0.2) is 32.3 Å². The Labute approximate surface area is 97.8 Å². The summed E-state index contributed by atoms with van der Waals surface area (Å²) in [4.78, 5) is 21.5. The van der Waals surface area contributed by atoms with Crippen LogP contribution in [-0.2, 0) is 10.3 Å². The van der Waals surface area contributed by atoms with Crippen molar-refractivity contribution in [2.24, 2.45) is 4.99 Å². The second kappa shape index (κ2) is 3.88. The zero-order chi connectivity index (χ0) is 11.8. The van der Waals surface area contributed by atoms with E-state index in [0.717, 1.165) is 22.9 Å². The van der Waals surface area contributed by atoms with Crippen molar-refractivity contribution in [1.82, 2.24) is 4.98 Å². The Kier molecular flexibility index (Phi) is 2.69. The van der Waals surface area contributed by atoms with Crippen molar-refractivity contribution in [3.63, 3.8) is 0 Å². The quantitative estimate of drug-likeness (QED) is 0.591. The molecule has 1 saturated carbocycles. The molecule has 86 valence electrons. The molecule has 0 N–H and O–H groups in total. The second-order valence-corrected chi connectivity index (χ2v) is 4.94. The van der Waals surface area contributed by atoms with Crippen LogP contribution in [0, 0.1) is 0 Å². The van der Waals surface area contributed by atoms with E-state index in [1.165, 1.54) is 11.3 Å². The molecule has 1 aromatic heterocycles. The first-order chi connectivity index (χ1) is 7.63. The van der Waals surface area contributed by atoms with Crippen LogP contribution in [0.4, 0.5) is 5.13 Å². The highest BCUT2D eigenvalue weighted by Gasteiger charge is 2.49. The molecule has 0 atom stereocenters. The minimum atomic E-state index is -0.404. The Morgan fingerprint density at radius 3 is 2.69 bits per heavy atom. The smallest absolute Gasteiger partial charge is 0.235 e. The molecule has 0 aromatic carbocycles. The van der Waals surface area contributed by atoms with Gasteiger partial charge in [0.1, 0.15) is 5.54 Å². The molecule has 1 aromatic rings. The van der Waals surface area contributed by atoms with Crippen molar-refractivity contribution >= 4 is 22.5 Å². The third-order valence-corrected chi connectivity index (χ3v) is 3.96. The average Bonchev–Trinajstić information content (AvgIpc) is 2.90. The van der Waals surface area contributed by atoms with E-state index < -0.39 is 5.54 Å². The van der Waals surface area contributed by atoms with Gasteiger partial charge in [0, 0.05) is 14.1 Å². The highest BCUT2D eigenvalue weighted by molar-refractivity contribution is 7.16. The SMILES string of the molecule is COc1nc(N(C)C)sc1C1(N=C=O)CC1. The second-order valence-electron chi connectivity index (χ2n) is 3.96. The minimum absolute atomic E-state index is 0.404. The summed E-state index contributed by atoms with van der Waals surface area (Å²) in [6, 6.07) is 0. The maximum absolute atomic E-state index is 10.4. The lowest BCUT2D eigenvalue weighted by Crippen LogP contribution is -2.07. The lowest BCUT2D eigenvalue weighted by atomic mass is 10.2. The summed E-state index contributed by atoms with van der Waals surface area (Å²) in [5, 5.41) is 0.860. The van der Waals surface area contributed by atoms with Gasteiger partial charge in [-0.1, -0.05) is 11.3 Å². The Hall–Kier alpha value is -1.39. The molecule has 1 fully saturated rings. The van der Waals surface area contributed by atoms with E-state index in [1.807, 2.05) is 19.0 Å². The van der Waals surface area contributed by atoms with Crippen LogP contribution in [0.2, 0.25) is 0 Å². The number of nitrogens with zero attached hydrogens (tertiary/aromatic N) is 3. The Morgan fingerprint density at radius 2 is 2.25 bits per heavy atom. The Balaban J connectivity index is 2.43. The first kappa shape index (κ1) is 11.1. The molecule has 1 heterocycles. The van der Waals surface area contributed by atoms with Crippen molar-refractivity contribution in [1.29, 1.82) is 0 Å². The summed E-state index contributed by atoms with van der Waals surface area (Å²) in [6.07, 6.45) is 3.38. The standard InChI is InChI=1S/C10H13N3O2S/c1-13(2)9-12-8(15-3)7(16-9)10(4-5-10)11-6-14/h4-5H2,1-3H3. The van der Waals surface area contributed by atoms with Gasteiger partial charge in [0.2, 0.25) is 12.0 Å². The molecule has 1 aliphatic rings. The number of carbonyl (C=O) groups excluding carboxylic acids is 1. The maximum Gasteiger partial charge on any atom is 0.235 e. The summed E-state index contributed by atoms with van der Waals surface area (Å²) < 4.78 is 5.23. The lowest BCUT2D eigenvalue weighted by molar-refractivity contribution is 0.392. The van der Waals surface area contributed by atoms with Crippen LogP contribution < -0.4 is 9.64 Å². The van der Waals surface area contributed by atoms with Gasteiger partial charge in [0.25, 0.3) is 0 Å². The van der Waals surface area contributed by atoms with E-state index in [0.29, 0.717) is 5.88 Å². The molecule has 16 heavy (non-hydrogen) atoms. The third kappa shape index (κ3) is 1.70. The summed E-state index contributed by atoms with van der Waals surface area (Å²) in [7, 11) is 5.42. The molecule has 6 heteroatoms. The molecule has 0 radical (unpaired) electrons. The highest BCUT2D eigenvalue weighted by Crippen LogP contribution is 2.55. The van der Waals surface area contributed by atoms with Gasteiger partial charge in [0.05, 0.1) is 12.0 Å².